The Labute approximate surface area is 118 Å². The first-order valence-corrected chi connectivity index (χ1v) is 8.08. The number of nitrogens with one attached hydrogen (secondary N) is 1. The van der Waals surface area contributed by atoms with Gasteiger partial charge in [0.05, 0.1) is 0 Å². The van der Waals surface area contributed by atoms with Gasteiger partial charge in [0.2, 0.25) is 0 Å². The molecule has 1 aromatic heterocycles. The number of nitrogens with two attached hydrogens (primary N) is 1. The largest absolute Gasteiger partial charge is 0.382 e. The van der Waals surface area contributed by atoms with Gasteiger partial charge in [0.15, 0.2) is 15.7 Å². The van der Waals surface area contributed by atoms with Gasteiger partial charge in [0.1, 0.15) is 21.5 Å². The fourth-order valence-corrected chi connectivity index (χ4v) is 3.68. The zero-order chi connectivity index (χ0) is 14.9. The summed E-state index contributed by atoms with van der Waals surface area (Å²) >= 11 is 0.851. The molecule has 0 amide bonds. The van der Waals surface area contributed by atoms with Gasteiger partial charge in [-0.05, 0) is 29.7 Å². The summed E-state index contributed by atoms with van der Waals surface area (Å²) in [5, 5.41) is 2.92. The quantitative estimate of drug-likeness (QED) is 0.900. The highest BCUT2D eigenvalue weighted by Crippen LogP contribution is 2.31. The van der Waals surface area contributed by atoms with Crippen molar-refractivity contribution in [3.63, 3.8) is 0 Å². The molecular weight excluding hydrogens is 308 g/mol. The van der Waals surface area contributed by atoms with Crippen molar-refractivity contribution in [1.29, 1.82) is 0 Å². The Hall–Kier alpha value is -1.74. The molecule has 0 spiro atoms. The van der Waals surface area contributed by atoms with Crippen LogP contribution in [0, 0.1) is 11.6 Å². The maximum atomic E-state index is 13.5. The van der Waals surface area contributed by atoms with E-state index >= 15 is 0 Å². The van der Waals surface area contributed by atoms with Crippen LogP contribution >= 0.6 is 11.5 Å². The molecule has 0 aliphatic heterocycles. The Bertz CT molecular complexity index is 744. The first kappa shape index (κ1) is 14.7. The van der Waals surface area contributed by atoms with E-state index < -0.39 is 21.5 Å². The molecule has 1 aromatic carbocycles. The number of hydrogen-bond acceptors (Lipinski definition) is 6. The minimum Gasteiger partial charge on any atom is -0.382 e. The van der Waals surface area contributed by atoms with Crippen LogP contribution in [-0.4, -0.2) is 19.0 Å². The minimum atomic E-state index is -3.55. The Kier molecular flexibility index (Phi) is 3.91. The van der Waals surface area contributed by atoms with Gasteiger partial charge < -0.3 is 11.1 Å². The fraction of sp³-hybridized carbons (Fsp3) is 0.182. The molecule has 108 valence electrons. The van der Waals surface area contributed by atoms with Crippen LogP contribution in [0.4, 0.5) is 19.6 Å². The molecule has 0 saturated heterocycles. The molecule has 0 radical (unpaired) electrons. The van der Waals surface area contributed by atoms with Crippen molar-refractivity contribution < 1.29 is 17.2 Å². The van der Waals surface area contributed by atoms with Crippen molar-refractivity contribution in [2.45, 2.75) is 11.4 Å². The van der Waals surface area contributed by atoms with Crippen molar-refractivity contribution in [2.24, 2.45) is 0 Å². The summed E-state index contributed by atoms with van der Waals surface area (Å²) < 4.78 is 53.4. The number of nitrogen functional groups attached to an aromatic ring is 1. The van der Waals surface area contributed by atoms with Crippen LogP contribution in [0.25, 0.3) is 0 Å². The summed E-state index contributed by atoms with van der Waals surface area (Å²) in [5.41, 5.74) is 5.58. The Morgan fingerprint density at radius 2 is 2.10 bits per heavy atom. The standard InChI is InChI=1S/C11H11F2N3O2S2/c1-20(17,18)9-10(14)16-19-11(9)15-5-6-4-7(12)2-3-8(6)13/h2-4,15H,5H2,1H3,(H2,14,16). The molecule has 0 fully saturated rings. The highest BCUT2D eigenvalue weighted by atomic mass is 32.2. The summed E-state index contributed by atoms with van der Waals surface area (Å²) in [5.74, 6) is -1.27. The van der Waals surface area contributed by atoms with E-state index in [0.29, 0.717) is 0 Å². The normalized spacial score (nSPS) is 11.6. The van der Waals surface area contributed by atoms with E-state index in [1.807, 2.05) is 0 Å². The van der Waals surface area contributed by atoms with Crippen molar-refractivity contribution in [3.8, 4) is 0 Å². The van der Waals surface area contributed by atoms with E-state index in [1.54, 1.807) is 0 Å². The van der Waals surface area contributed by atoms with Crippen molar-refractivity contribution in [3.05, 3.63) is 35.4 Å². The molecule has 2 aromatic rings. The first-order chi connectivity index (χ1) is 9.29. The van der Waals surface area contributed by atoms with E-state index in [0.717, 1.165) is 36.0 Å². The second kappa shape index (κ2) is 5.33. The monoisotopic (exact) mass is 319 g/mol. The van der Waals surface area contributed by atoms with Gasteiger partial charge in [-0.3, -0.25) is 0 Å². The van der Waals surface area contributed by atoms with Gasteiger partial charge in [-0.2, -0.15) is 4.37 Å². The average Bonchev–Trinajstić information content (AvgIpc) is 2.71. The Morgan fingerprint density at radius 1 is 1.40 bits per heavy atom. The number of sulfone groups is 1. The molecular formula is C11H11F2N3O2S2. The topological polar surface area (TPSA) is 85.1 Å². The Morgan fingerprint density at radius 3 is 2.75 bits per heavy atom. The van der Waals surface area contributed by atoms with Crippen LogP contribution in [0.5, 0.6) is 0 Å². The predicted octanol–water partition coefficient (Wildman–Crippen LogP) is 2.02. The molecule has 1 heterocycles. The van der Waals surface area contributed by atoms with E-state index in [-0.39, 0.29) is 27.8 Å². The number of rotatable bonds is 4. The van der Waals surface area contributed by atoms with Crippen LogP contribution in [0.2, 0.25) is 0 Å². The zero-order valence-corrected chi connectivity index (χ0v) is 12.0. The van der Waals surface area contributed by atoms with Gasteiger partial charge >= 0.3 is 0 Å². The maximum absolute atomic E-state index is 13.5. The predicted molar refractivity (Wildman–Crippen MR) is 73.3 cm³/mol. The number of nitrogens with zero attached hydrogens (tertiary/aromatic N) is 1. The van der Waals surface area contributed by atoms with E-state index in [9.17, 15) is 17.2 Å². The minimum absolute atomic E-state index is 0.0756. The molecule has 0 atom stereocenters. The third-order valence-electron chi connectivity index (χ3n) is 2.49. The lowest BCUT2D eigenvalue weighted by molar-refractivity contribution is 0.587. The smallest absolute Gasteiger partial charge is 0.182 e. The lowest BCUT2D eigenvalue weighted by Crippen LogP contribution is -2.07. The van der Waals surface area contributed by atoms with Crippen molar-refractivity contribution >= 4 is 32.2 Å². The second-order valence-corrected chi connectivity index (χ2v) is 6.81. The Balaban J connectivity index is 2.26. The maximum Gasteiger partial charge on any atom is 0.182 e. The molecule has 2 rings (SSSR count). The zero-order valence-electron chi connectivity index (χ0n) is 10.4. The number of hydrogen-bond donors (Lipinski definition) is 2. The summed E-state index contributed by atoms with van der Waals surface area (Å²) in [7, 11) is -3.55. The summed E-state index contributed by atoms with van der Waals surface area (Å²) in [6, 6.07) is 3.04. The summed E-state index contributed by atoms with van der Waals surface area (Å²) in [4.78, 5) is -0.126. The first-order valence-electron chi connectivity index (χ1n) is 5.42. The average molecular weight is 319 g/mol. The molecule has 20 heavy (non-hydrogen) atoms. The van der Waals surface area contributed by atoms with Gasteiger partial charge in [-0.1, -0.05) is 0 Å². The van der Waals surface area contributed by atoms with Gasteiger partial charge in [-0.25, -0.2) is 17.2 Å². The van der Waals surface area contributed by atoms with Gasteiger partial charge in [-0.15, -0.1) is 0 Å². The number of aromatic nitrogens is 1. The molecule has 0 aliphatic rings. The molecule has 9 heteroatoms. The van der Waals surface area contributed by atoms with Crippen LogP contribution < -0.4 is 11.1 Å². The highest BCUT2D eigenvalue weighted by Gasteiger charge is 2.21. The van der Waals surface area contributed by atoms with Gasteiger partial charge in [0.25, 0.3) is 0 Å². The highest BCUT2D eigenvalue weighted by molar-refractivity contribution is 7.91. The molecule has 0 unspecified atom stereocenters. The molecule has 5 nitrogen and oxygen atoms in total. The SMILES string of the molecule is CS(=O)(=O)c1c(N)nsc1NCc1cc(F)ccc1F. The molecule has 0 saturated carbocycles. The molecule has 0 aliphatic carbocycles. The summed E-state index contributed by atoms with van der Waals surface area (Å²) in [6.07, 6.45) is 1.00. The third kappa shape index (κ3) is 3.05. The molecule has 0 bridgehead atoms. The van der Waals surface area contributed by atoms with E-state index in [1.165, 1.54) is 0 Å². The molecule has 3 N–H and O–H groups in total. The van der Waals surface area contributed by atoms with Crippen molar-refractivity contribution in [2.75, 3.05) is 17.3 Å². The number of benzene rings is 1. The second-order valence-electron chi connectivity index (χ2n) is 4.09. The lowest BCUT2D eigenvalue weighted by atomic mass is 10.2. The van der Waals surface area contributed by atoms with E-state index in [2.05, 4.69) is 9.69 Å². The van der Waals surface area contributed by atoms with Crippen molar-refractivity contribution in [1.82, 2.24) is 4.37 Å². The fourth-order valence-electron chi connectivity index (χ4n) is 1.62. The number of halogens is 2. The van der Waals surface area contributed by atoms with Crippen LogP contribution in [0.15, 0.2) is 23.1 Å². The lowest BCUT2D eigenvalue weighted by Gasteiger charge is -2.07. The third-order valence-corrected chi connectivity index (χ3v) is 4.60. The summed E-state index contributed by atoms with van der Waals surface area (Å²) in [6.45, 7) is -0.0756. The van der Waals surface area contributed by atoms with Crippen LogP contribution in [-0.2, 0) is 16.4 Å². The van der Waals surface area contributed by atoms with Crippen LogP contribution in [0.3, 0.4) is 0 Å². The van der Waals surface area contributed by atoms with E-state index in [4.69, 9.17) is 5.73 Å². The van der Waals surface area contributed by atoms with Gasteiger partial charge in [0, 0.05) is 18.4 Å². The van der Waals surface area contributed by atoms with Crippen LogP contribution in [0.1, 0.15) is 5.56 Å². The number of anilines is 2.